The fraction of sp³-hybridized carbons (Fsp3) is 0.417. The topological polar surface area (TPSA) is 29.1 Å². The lowest BCUT2D eigenvalue weighted by atomic mass is 9.89. The van der Waals surface area contributed by atoms with E-state index in [2.05, 4.69) is 5.32 Å². The van der Waals surface area contributed by atoms with Crippen molar-refractivity contribution in [1.29, 1.82) is 0 Å². The van der Waals surface area contributed by atoms with Crippen LogP contribution in [0.4, 0.5) is 4.39 Å². The Morgan fingerprint density at radius 3 is 2.75 bits per heavy atom. The van der Waals surface area contributed by atoms with Gasteiger partial charge in [-0.1, -0.05) is 11.6 Å². The number of benzene rings is 1. The van der Waals surface area contributed by atoms with E-state index in [1.54, 1.807) is 0 Å². The molecule has 1 aromatic carbocycles. The summed E-state index contributed by atoms with van der Waals surface area (Å²) in [5.74, 6) is -0.478. The van der Waals surface area contributed by atoms with E-state index >= 15 is 0 Å². The maximum Gasteiger partial charge on any atom is 0.167 e. The van der Waals surface area contributed by atoms with Crippen LogP contribution in [0.15, 0.2) is 18.2 Å². The SMILES string of the molecule is O=C(c1cc(F)ccc1Cl)C1CCNCC1. The first-order valence-electron chi connectivity index (χ1n) is 5.38. The number of rotatable bonds is 2. The first-order chi connectivity index (χ1) is 7.68. The van der Waals surface area contributed by atoms with Crippen LogP contribution in [0.2, 0.25) is 5.02 Å². The van der Waals surface area contributed by atoms with Gasteiger partial charge in [-0.2, -0.15) is 0 Å². The predicted octanol–water partition coefficient (Wildman–Crippen LogP) is 2.66. The molecule has 1 aliphatic rings. The van der Waals surface area contributed by atoms with Crippen LogP contribution in [0, 0.1) is 11.7 Å². The Hall–Kier alpha value is -0.930. The van der Waals surface area contributed by atoms with E-state index in [9.17, 15) is 9.18 Å². The van der Waals surface area contributed by atoms with Crippen LogP contribution in [-0.4, -0.2) is 18.9 Å². The molecule has 1 fully saturated rings. The average molecular weight is 242 g/mol. The van der Waals surface area contributed by atoms with Crippen LogP contribution in [0.1, 0.15) is 23.2 Å². The molecule has 0 aliphatic carbocycles. The predicted molar refractivity (Wildman–Crippen MR) is 61.3 cm³/mol. The summed E-state index contributed by atoms with van der Waals surface area (Å²) in [4.78, 5) is 12.1. The minimum absolute atomic E-state index is 0.0273. The molecular formula is C12H13ClFNO. The molecule has 0 amide bonds. The zero-order valence-electron chi connectivity index (χ0n) is 8.80. The second kappa shape index (κ2) is 4.93. The summed E-state index contributed by atoms with van der Waals surface area (Å²) in [6.07, 6.45) is 1.59. The number of ketones is 1. The van der Waals surface area contributed by atoms with E-state index < -0.39 is 5.82 Å². The van der Waals surface area contributed by atoms with Gasteiger partial charge in [0.1, 0.15) is 5.82 Å². The van der Waals surface area contributed by atoms with Crippen LogP contribution < -0.4 is 5.32 Å². The van der Waals surface area contributed by atoms with Crippen LogP contribution in [0.3, 0.4) is 0 Å². The second-order valence-corrected chi connectivity index (χ2v) is 4.42. The number of hydrogen-bond acceptors (Lipinski definition) is 2. The first-order valence-corrected chi connectivity index (χ1v) is 5.76. The van der Waals surface area contributed by atoms with Gasteiger partial charge in [0.25, 0.3) is 0 Å². The Kier molecular flexibility index (Phi) is 3.56. The number of Topliss-reactive ketones (excluding diaryl/α,β-unsaturated/α-hetero) is 1. The molecule has 0 radical (unpaired) electrons. The molecule has 1 aliphatic heterocycles. The molecule has 0 spiro atoms. The van der Waals surface area contributed by atoms with Crippen molar-refractivity contribution < 1.29 is 9.18 Å². The number of carbonyl (C=O) groups is 1. The van der Waals surface area contributed by atoms with Crippen molar-refractivity contribution in [3.63, 3.8) is 0 Å². The van der Waals surface area contributed by atoms with Crippen LogP contribution >= 0.6 is 11.6 Å². The maximum atomic E-state index is 13.1. The van der Waals surface area contributed by atoms with E-state index in [1.165, 1.54) is 18.2 Å². The maximum absolute atomic E-state index is 13.1. The van der Waals surface area contributed by atoms with Crippen molar-refractivity contribution in [2.24, 2.45) is 5.92 Å². The quantitative estimate of drug-likeness (QED) is 0.807. The zero-order chi connectivity index (χ0) is 11.5. The van der Waals surface area contributed by atoms with Gasteiger partial charge in [-0.3, -0.25) is 4.79 Å². The lowest BCUT2D eigenvalue weighted by Crippen LogP contribution is -2.32. The molecule has 86 valence electrons. The largest absolute Gasteiger partial charge is 0.317 e. The Morgan fingerprint density at radius 1 is 1.38 bits per heavy atom. The summed E-state index contributed by atoms with van der Waals surface area (Å²) >= 11 is 5.91. The Bertz CT molecular complexity index is 402. The average Bonchev–Trinajstić information content (AvgIpc) is 2.32. The zero-order valence-corrected chi connectivity index (χ0v) is 9.56. The lowest BCUT2D eigenvalue weighted by Gasteiger charge is -2.21. The highest BCUT2D eigenvalue weighted by Crippen LogP contribution is 2.24. The number of nitrogens with one attached hydrogen (secondary N) is 1. The molecule has 0 bridgehead atoms. The van der Waals surface area contributed by atoms with Crippen molar-refractivity contribution in [2.45, 2.75) is 12.8 Å². The minimum Gasteiger partial charge on any atom is -0.317 e. The molecule has 0 unspecified atom stereocenters. The van der Waals surface area contributed by atoms with Crippen molar-refractivity contribution >= 4 is 17.4 Å². The van der Waals surface area contributed by atoms with Gasteiger partial charge in [-0.25, -0.2) is 4.39 Å². The normalized spacial score (nSPS) is 17.4. The third-order valence-corrected chi connectivity index (χ3v) is 3.23. The number of halogens is 2. The smallest absolute Gasteiger partial charge is 0.167 e. The molecule has 0 aromatic heterocycles. The third kappa shape index (κ3) is 2.42. The van der Waals surface area contributed by atoms with Gasteiger partial charge in [0.05, 0.1) is 5.02 Å². The molecule has 2 rings (SSSR count). The summed E-state index contributed by atoms with van der Waals surface area (Å²) < 4.78 is 13.1. The van der Waals surface area contributed by atoms with Crippen molar-refractivity contribution in [3.8, 4) is 0 Å². The summed E-state index contributed by atoms with van der Waals surface area (Å²) in [7, 11) is 0. The first kappa shape index (κ1) is 11.6. The Labute approximate surface area is 98.8 Å². The Balaban J connectivity index is 2.22. The molecular weight excluding hydrogens is 229 g/mol. The number of piperidine rings is 1. The molecule has 1 aromatic rings. The number of hydrogen-bond donors (Lipinski definition) is 1. The molecule has 4 heteroatoms. The van der Waals surface area contributed by atoms with Crippen molar-refractivity contribution in [1.82, 2.24) is 5.32 Å². The van der Waals surface area contributed by atoms with Gasteiger partial charge in [0.15, 0.2) is 5.78 Å². The number of carbonyl (C=O) groups excluding carboxylic acids is 1. The second-order valence-electron chi connectivity index (χ2n) is 4.01. The molecule has 0 atom stereocenters. The molecule has 16 heavy (non-hydrogen) atoms. The Morgan fingerprint density at radius 2 is 2.06 bits per heavy atom. The van der Waals surface area contributed by atoms with E-state index in [0.29, 0.717) is 10.6 Å². The van der Waals surface area contributed by atoms with Crippen LogP contribution in [0.5, 0.6) is 0 Å². The molecule has 1 N–H and O–H groups in total. The van der Waals surface area contributed by atoms with Crippen LogP contribution in [-0.2, 0) is 0 Å². The highest BCUT2D eigenvalue weighted by Gasteiger charge is 2.24. The van der Waals surface area contributed by atoms with Gasteiger partial charge in [0.2, 0.25) is 0 Å². The van der Waals surface area contributed by atoms with E-state index in [1.807, 2.05) is 0 Å². The summed E-state index contributed by atoms with van der Waals surface area (Å²) in [6.45, 7) is 1.67. The van der Waals surface area contributed by atoms with E-state index in [4.69, 9.17) is 11.6 Å². The van der Waals surface area contributed by atoms with Gasteiger partial charge in [-0.05, 0) is 44.1 Å². The van der Waals surface area contributed by atoms with Crippen LogP contribution in [0.25, 0.3) is 0 Å². The van der Waals surface area contributed by atoms with Gasteiger partial charge in [-0.15, -0.1) is 0 Å². The molecule has 0 saturated carbocycles. The third-order valence-electron chi connectivity index (χ3n) is 2.90. The standard InChI is InChI=1S/C12H13ClFNO/c13-11-2-1-9(14)7-10(11)12(16)8-3-5-15-6-4-8/h1-2,7-8,15H,3-6H2. The highest BCUT2D eigenvalue weighted by molar-refractivity contribution is 6.34. The lowest BCUT2D eigenvalue weighted by molar-refractivity contribution is 0.0895. The fourth-order valence-electron chi connectivity index (χ4n) is 1.99. The molecule has 2 nitrogen and oxygen atoms in total. The van der Waals surface area contributed by atoms with Gasteiger partial charge < -0.3 is 5.32 Å². The van der Waals surface area contributed by atoms with E-state index in [0.717, 1.165) is 25.9 Å². The molecule has 1 heterocycles. The van der Waals surface area contributed by atoms with Gasteiger partial charge >= 0.3 is 0 Å². The summed E-state index contributed by atoms with van der Waals surface area (Å²) in [6, 6.07) is 3.93. The monoisotopic (exact) mass is 241 g/mol. The van der Waals surface area contributed by atoms with E-state index in [-0.39, 0.29) is 11.7 Å². The van der Waals surface area contributed by atoms with Gasteiger partial charge in [0, 0.05) is 11.5 Å². The fourth-order valence-corrected chi connectivity index (χ4v) is 2.20. The summed E-state index contributed by atoms with van der Waals surface area (Å²) in [5, 5.41) is 3.53. The van der Waals surface area contributed by atoms with Crippen molar-refractivity contribution in [3.05, 3.63) is 34.6 Å². The highest BCUT2D eigenvalue weighted by atomic mass is 35.5. The van der Waals surface area contributed by atoms with Crippen molar-refractivity contribution in [2.75, 3.05) is 13.1 Å². The molecule has 1 saturated heterocycles. The minimum atomic E-state index is -0.415. The summed E-state index contributed by atoms with van der Waals surface area (Å²) in [5.41, 5.74) is 0.313.